The molecule has 0 atom stereocenters. The molecule has 4 amide bonds. The first-order chi connectivity index (χ1) is 15.4. The number of imide groups is 2. The summed E-state index contributed by atoms with van der Waals surface area (Å²) in [6.07, 6.45) is 1.24. The average Bonchev–Trinajstić information content (AvgIpc) is 3.24. The van der Waals surface area contributed by atoms with Crippen LogP contribution in [0.4, 0.5) is 4.79 Å². The summed E-state index contributed by atoms with van der Waals surface area (Å²) in [5, 5.41) is 4.50. The van der Waals surface area contributed by atoms with Gasteiger partial charge in [0.2, 0.25) is 0 Å². The number of furan rings is 1. The molecular weight excluding hydrogens is 436 g/mol. The van der Waals surface area contributed by atoms with Crippen molar-refractivity contribution in [1.82, 2.24) is 10.6 Å². The molecule has 0 bridgehead atoms. The molecule has 2 heterocycles. The van der Waals surface area contributed by atoms with Gasteiger partial charge in [0.1, 0.15) is 23.7 Å². The van der Waals surface area contributed by atoms with Gasteiger partial charge in [0, 0.05) is 16.1 Å². The van der Waals surface area contributed by atoms with Gasteiger partial charge < -0.3 is 9.15 Å². The third-order valence-electron chi connectivity index (χ3n) is 4.58. The van der Waals surface area contributed by atoms with Gasteiger partial charge in [-0.25, -0.2) is 9.59 Å². The maximum atomic E-state index is 12.3. The standard InChI is InChI=1S/C23H15ClN2O6/c24-18-4-2-1-3-15(18)12-31-22(29)14-7-5-13(6-8-14)19-10-9-16(32-19)11-17-20(27)25-23(30)26-21(17)28/h1-11H,12H2,(H2,25,26,27,28,30). The summed E-state index contributed by atoms with van der Waals surface area (Å²) in [6, 6.07) is 16.0. The molecule has 0 aliphatic carbocycles. The largest absolute Gasteiger partial charge is 0.457 e. The normalized spacial score (nSPS) is 13.4. The van der Waals surface area contributed by atoms with Crippen LogP contribution in [-0.2, 0) is 20.9 Å². The first kappa shape index (κ1) is 21.1. The Kier molecular flexibility index (Phi) is 5.87. The van der Waals surface area contributed by atoms with Crippen molar-refractivity contribution in [3.8, 4) is 11.3 Å². The molecule has 160 valence electrons. The van der Waals surface area contributed by atoms with Crippen LogP contribution in [0.1, 0.15) is 21.7 Å². The molecule has 8 nitrogen and oxygen atoms in total. The Morgan fingerprint density at radius 2 is 1.62 bits per heavy atom. The molecule has 0 spiro atoms. The van der Waals surface area contributed by atoms with Gasteiger partial charge in [-0.2, -0.15) is 0 Å². The Bertz CT molecular complexity index is 1240. The van der Waals surface area contributed by atoms with Crippen molar-refractivity contribution >= 4 is 41.5 Å². The quantitative estimate of drug-likeness (QED) is 0.348. The molecule has 1 saturated heterocycles. The summed E-state index contributed by atoms with van der Waals surface area (Å²) in [5.74, 6) is -1.41. The molecule has 1 aromatic heterocycles. The molecule has 3 aromatic rings. The Labute approximate surface area is 186 Å². The van der Waals surface area contributed by atoms with E-state index in [0.717, 1.165) is 0 Å². The summed E-state index contributed by atoms with van der Waals surface area (Å²) in [5.41, 5.74) is 1.49. The SMILES string of the molecule is O=C1NC(=O)C(=Cc2ccc(-c3ccc(C(=O)OCc4ccccc4Cl)cc3)o2)C(=O)N1. The van der Waals surface area contributed by atoms with Gasteiger partial charge in [0.05, 0.1) is 5.56 Å². The van der Waals surface area contributed by atoms with Crippen LogP contribution in [0.2, 0.25) is 5.02 Å². The Morgan fingerprint density at radius 1 is 0.938 bits per heavy atom. The van der Waals surface area contributed by atoms with Crippen molar-refractivity contribution in [2.45, 2.75) is 6.61 Å². The zero-order chi connectivity index (χ0) is 22.7. The highest BCUT2D eigenvalue weighted by molar-refractivity contribution is 6.31. The fraction of sp³-hybridized carbons (Fsp3) is 0.0435. The minimum atomic E-state index is -0.872. The lowest BCUT2D eigenvalue weighted by Crippen LogP contribution is -2.51. The molecule has 32 heavy (non-hydrogen) atoms. The number of hydrogen-bond donors (Lipinski definition) is 2. The topological polar surface area (TPSA) is 115 Å². The highest BCUT2D eigenvalue weighted by Gasteiger charge is 2.28. The van der Waals surface area contributed by atoms with E-state index < -0.39 is 23.8 Å². The molecular formula is C23H15ClN2O6. The van der Waals surface area contributed by atoms with Gasteiger partial charge in [-0.05, 0) is 36.4 Å². The van der Waals surface area contributed by atoms with Crippen molar-refractivity contribution in [1.29, 1.82) is 0 Å². The smallest absolute Gasteiger partial charge is 0.338 e. The second-order valence-electron chi connectivity index (χ2n) is 6.74. The lowest BCUT2D eigenvalue weighted by molar-refractivity contribution is -0.123. The number of nitrogens with one attached hydrogen (secondary N) is 2. The third kappa shape index (κ3) is 4.60. The number of ether oxygens (including phenoxy) is 1. The molecule has 4 rings (SSSR count). The van der Waals surface area contributed by atoms with Crippen LogP contribution >= 0.6 is 11.6 Å². The molecule has 1 aliphatic heterocycles. The van der Waals surface area contributed by atoms with E-state index in [-0.39, 0.29) is 17.9 Å². The predicted octanol–water partition coefficient (Wildman–Crippen LogP) is 3.71. The van der Waals surface area contributed by atoms with Gasteiger partial charge >= 0.3 is 12.0 Å². The zero-order valence-corrected chi connectivity index (χ0v) is 17.1. The maximum absolute atomic E-state index is 12.3. The summed E-state index contributed by atoms with van der Waals surface area (Å²) >= 11 is 6.06. The fourth-order valence-electron chi connectivity index (χ4n) is 2.95. The van der Waals surface area contributed by atoms with Gasteiger partial charge in [0.25, 0.3) is 11.8 Å². The van der Waals surface area contributed by atoms with Crippen molar-refractivity contribution in [3.05, 3.63) is 88.1 Å². The molecule has 1 fully saturated rings. The first-order valence-corrected chi connectivity index (χ1v) is 9.77. The average molecular weight is 451 g/mol. The Morgan fingerprint density at radius 3 is 2.31 bits per heavy atom. The van der Waals surface area contributed by atoms with Crippen molar-refractivity contribution in [2.75, 3.05) is 0 Å². The lowest BCUT2D eigenvalue weighted by Gasteiger charge is -2.13. The number of esters is 1. The molecule has 0 radical (unpaired) electrons. The van der Waals surface area contributed by atoms with E-state index in [1.165, 1.54) is 6.08 Å². The van der Waals surface area contributed by atoms with Crippen molar-refractivity contribution < 1.29 is 28.3 Å². The van der Waals surface area contributed by atoms with E-state index in [4.69, 9.17) is 20.8 Å². The van der Waals surface area contributed by atoms with Gasteiger partial charge in [-0.1, -0.05) is 41.9 Å². The van der Waals surface area contributed by atoms with E-state index >= 15 is 0 Å². The number of hydrogen-bond acceptors (Lipinski definition) is 6. The Hall–Kier alpha value is -4.17. The minimum absolute atomic E-state index is 0.0588. The third-order valence-corrected chi connectivity index (χ3v) is 4.95. The number of barbiturate groups is 1. The summed E-state index contributed by atoms with van der Waals surface area (Å²) in [7, 11) is 0. The van der Waals surface area contributed by atoms with E-state index in [0.29, 0.717) is 27.5 Å². The van der Waals surface area contributed by atoms with Crippen LogP contribution in [0.25, 0.3) is 17.4 Å². The maximum Gasteiger partial charge on any atom is 0.338 e. The monoisotopic (exact) mass is 450 g/mol. The summed E-state index contributed by atoms with van der Waals surface area (Å²) < 4.78 is 11.0. The zero-order valence-electron chi connectivity index (χ0n) is 16.4. The second-order valence-corrected chi connectivity index (χ2v) is 7.15. The molecule has 0 unspecified atom stereocenters. The van der Waals surface area contributed by atoms with Crippen LogP contribution in [0.15, 0.2) is 70.7 Å². The highest BCUT2D eigenvalue weighted by atomic mass is 35.5. The number of halogens is 1. The minimum Gasteiger partial charge on any atom is -0.457 e. The second kappa shape index (κ2) is 8.91. The first-order valence-electron chi connectivity index (χ1n) is 9.40. The number of benzene rings is 2. The molecule has 1 aliphatic rings. The van der Waals surface area contributed by atoms with E-state index in [9.17, 15) is 19.2 Å². The summed E-state index contributed by atoms with van der Waals surface area (Å²) in [6.45, 7) is 0.0588. The fourth-order valence-corrected chi connectivity index (χ4v) is 3.14. The Balaban J connectivity index is 1.44. The number of carbonyl (C=O) groups is 4. The number of rotatable bonds is 5. The van der Waals surface area contributed by atoms with Crippen molar-refractivity contribution in [3.63, 3.8) is 0 Å². The van der Waals surface area contributed by atoms with Gasteiger partial charge in [-0.3, -0.25) is 20.2 Å². The number of urea groups is 1. The van der Waals surface area contributed by atoms with Crippen LogP contribution in [0, 0.1) is 0 Å². The van der Waals surface area contributed by atoms with Gasteiger partial charge in [0.15, 0.2) is 0 Å². The predicted molar refractivity (Wildman–Crippen MR) is 114 cm³/mol. The molecule has 2 N–H and O–H groups in total. The van der Waals surface area contributed by atoms with E-state index in [2.05, 4.69) is 0 Å². The highest BCUT2D eigenvalue weighted by Crippen LogP contribution is 2.25. The summed E-state index contributed by atoms with van der Waals surface area (Å²) in [4.78, 5) is 47.0. The van der Waals surface area contributed by atoms with Crippen LogP contribution in [0.3, 0.4) is 0 Å². The molecule has 0 saturated carbocycles. The number of amides is 4. The van der Waals surface area contributed by atoms with Gasteiger partial charge in [-0.15, -0.1) is 0 Å². The molecule has 9 heteroatoms. The lowest BCUT2D eigenvalue weighted by atomic mass is 10.1. The van der Waals surface area contributed by atoms with Crippen LogP contribution < -0.4 is 10.6 Å². The van der Waals surface area contributed by atoms with E-state index in [1.807, 2.05) is 16.7 Å². The van der Waals surface area contributed by atoms with Crippen molar-refractivity contribution in [2.24, 2.45) is 0 Å². The molecule has 2 aromatic carbocycles. The number of carbonyl (C=O) groups excluding carboxylic acids is 4. The van der Waals surface area contributed by atoms with Crippen LogP contribution in [0.5, 0.6) is 0 Å². The van der Waals surface area contributed by atoms with Crippen LogP contribution in [-0.4, -0.2) is 23.8 Å². The van der Waals surface area contributed by atoms with E-state index in [1.54, 1.807) is 54.6 Å².